The fraction of sp³-hybridized carbons (Fsp3) is 0.615. The molecule has 0 radical (unpaired) electrons. The molecule has 2 heterocycles. The van der Waals surface area contributed by atoms with Crippen molar-refractivity contribution in [2.45, 2.75) is 38.7 Å². The Kier molecular flexibility index (Phi) is 3.24. The Balaban J connectivity index is 2.17. The average Bonchev–Trinajstić information content (AvgIpc) is 2.40. The highest BCUT2D eigenvalue weighted by atomic mass is 16.3. The van der Waals surface area contributed by atoms with Crippen LogP contribution in [0, 0.1) is 6.92 Å². The minimum Gasteiger partial charge on any atom is -0.397 e. The van der Waals surface area contributed by atoms with Crippen LogP contribution in [0.4, 0.5) is 11.5 Å². The molecule has 1 aliphatic heterocycles. The zero-order valence-electron chi connectivity index (χ0n) is 10.6. The summed E-state index contributed by atoms with van der Waals surface area (Å²) in [5.74, 6) is 0.997. The summed E-state index contributed by atoms with van der Waals surface area (Å²) in [5.41, 5.74) is 6.98. The molecule has 0 aromatic carbocycles. The molecule has 1 aliphatic rings. The molecule has 0 aliphatic carbocycles. The van der Waals surface area contributed by atoms with Crippen LogP contribution < -0.4 is 10.6 Å². The van der Waals surface area contributed by atoms with Crippen LogP contribution >= 0.6 is 0 Å². The number of aliphatic hydroxyl groups is 1. The third kappa shape index (κ3) is 2.88. The zero-order valence-corrected chi connectivity index (χ0v) is 10.6. The van der Waals surface area contributed by atoms with Gasteiger partial charge in [-0.1, -0.05) is 0 Å². The van der Waals surface area contributed by atoms with Crippen molar-refractivity contribution in [3.05, 3.63) is 17.8 Å². The predicted octanol–water partition coefficient (Wildman–Crippen LogP) is 1.71. The lowest BCUT2D eigenvalue weighted by atomic mass is 9.98. The van der Waals surface area contributed by atoms with Crippen LogP contribution in [0.25, 0.3) is 0 Å². The zero-order chi connectivity index (χ0) is 12.5. The lowest BCUT2D eigenvalue weighted by Gasteiger charge is -2.24. The minimum absolute atomic E-state index is 0.531. The highest BCUT2D eigenvalue weighted by Gasteiger charge is 2.25. The molecule has 4 nitrogen and oxygen atoms in total. The number of anilines is 2. The van der Waals surface area contributed by atoms with Crippen molar-refractivity contribution in [2.75, 3.05) is 23.7 Å². The lowest BCUT2D eigenvalue weighted by Crippen LogP contribution is -2.29. The first-order chi connectivity index (χ1) is 7.98. The number of aromatic nitrogens is 1. The Bertz CT molecular complexity index is 404. The first-order valence-electron chi connectivity index (χ1n) is 6.17. The van der Waals surface area contributed by atoms with Gasteiger partial charge in [0.15, 0.2) is 0 Å². The topological polar surface area (TPSA) is 62.4 Å². The summed E-state index contributed by atoms with van der Waals surface area (Å²) < 4.78 is 0. The second-order valence-electron chi connectivity index (χ2n) is 5.25. The maximum Gasteiger partial charge on any atom is 0.131 e. The number of pyridine rings is 1. The number of hydrogen-bond donors (Lipinski definition) is 2. The molecule has 0 bridgehead atoms. The van der Waals surface area contributed by atoms with Gasteiger partial charge in [0.2, 0.25) is 0 Å². The maximum absolute atomic E-state index is 10.1. The van der Waals surface area contributed by atoms with E-state index in [0.29, 0.717) is 5.69 Å². The quantitative estimate of drug-likeness (QED) is 0.778. The SMILES string of the molecule is Cc1cc(N)cnc1N1CCCC(C)(O)CC1. The van der Waals surface area contributed by atoms with Crippen LogP contribution in [-0.4, -0.2) is 28.8 Å². The number of nitrogen functional groups attached to an aromatic ring is 1. The monoisotopic (exact) mass is 235 g/mol. The molecule has 0 saturated carbocycles. The summed E-state index contributed by atoms with van der Waals surface area (Å²) >= 11 is 0. The van der Waals surface area contributed by atoms with E-state index < -0.39 is 5.60 Å². The molecule has 0 amide bonds. The van der Waals surface area contributed by atoms with E-state index in [4.69, 9.17) is 5.73 Å². The molecule has 94 valence electrons. The lowest BCUT2D eigenvalue weighted by molar-refractivity contribution is 0.0481. The van der Waals surface area contributed by atoms with Crippen molar-refractivity contribution >= 4 is 11.5 Å². The molecule has 1 aromatic heterocycles. The average molecular weight is 235 g/mol. The summed E-state index contributed by atoms with van der Waals surface area (Å²) in [5, 5.41) is 10.1. The van der Waals surface area contributed by atoms with Crippen LogP contribution in [-0.2, 0) is 0 Å². The molecule has 0 spiro atoms. The van der Waals surface area contributed by atoms with Gasteiger partial charge >= 0.3 is 0 Å². The number of rotatable bonds is 1. The Morgan fingerprint density at radius 3 is 2.88 bits per heavy atom. The van der Waals surface area contributed by atoms with E-state index in [1.807, 2.05) is 19.9 Å². The summed E-state index contributed by atoms with van der Waals surface area (Å²) in [7, 11) is 0. The molecular weight excluding hydrogens is 214 g/mol. The van der Waals surface area contributed by atoms with Crippen molar-refractivity contribution in [1.82, 2.24) is 4.98 Å². The van der Waals surface area contributed by atoms with Crippen LogP contribution in [0.5, 0.6) is 0 Å². The first-order valence-corrected chi connectivity index (χ1v) is 6.17. The van der Waals surface area contributed by atoms with E-state index in [2.05, 4.69) is 9.88 Å². The molecule has 1 fully saturated rings. The molecular formula is C13H21N3O. The smallest absolute Gasteiger partial charge is 0.131 e. The summed E-state index contributed by atoms with van der Waals surface area (Å²) in [6.45, 7) is 5.75. The van der Waals surface area contributed by atoms with Gasteiger partial charge in [-0.2, -0.15) is 0 Å². The molecule has 1 saturated heterocycles. The predicted molar refractivity (Wildman–Crippen MR) is 70.1 cm³/mol. The highest BCUT2D eigenvalue weighted by Crippen LogP contribution is 2.26. The van der Waals surface area contributed by atoms with Gasteiger partial charge in [-0.3, -0.25) is 0 Å². The number of hydrogen-bond acceptors (Lipinski definition) is 4. The maximum atomic E-state index is 10.1. The van der Waals surface area contributed by atoms with Crippen LogP contribution in [0.3, 0.4) is 0 Å². The molecule has 3 N–H and O–H groups in total. The Morgan fingerprint density at radius 1 is 1.41 bits per heavy atom. The Labute approximate surface area is 102 Å². The number of nitrogens with two attached hydrogens (primary N) is 1. The second kappa shape index (κ2) is 4.53. The summed E-state index contributed by atoms with van der Waals surface area (Å²) in [4.78, 5) is 6.66. The van der Waals surface area contributed by atoms with Gasteiger partial charge in [-0.25, -0.2) is 4.98 Å². The standard InChI is InChI=1S/C13H21N3O/c1-10-8-11(14)9-15-12(10)16-6-3-4-13(2,17)5-7-16/h8-9,17H,3-7,14H2,1-2H3. The highest BCUT2D eigenvalue weighted by molar-refractivity contribution is 5.52. The fourth-order valence-electron chi connectivity index (χ4n) is 2.40. The van der Waals surface area contributed by atoms with Gasteiger partial charge in [0.05, 0.1) is 17.5 Å². The van der Waals surface area contributed by atoms with Gasteiger partial charge in [0.1, 0.15) is 5.82 Å². The van der Waals surface area contributed by atoms with Crippen LogP contribution in [0.1, 0.15) is 31.7 Å². The van der Waals surface area contributed by atoms with E-state index in [9.17, 15) is 5.11 Å². The van der Waals surface area contributed by atoms with E-state index in [1.165, 1.54) is 0 Å². The van der Waals surface area contributed by atoms with E-state index in [0.717, 1.165) is 43.7 Å². The minimum atomic E-state index is -0.531. The van der Waals surface area contributed by atoms with Crippen molar-refractivity contribution in [1.29, 1.82) is 0 Å². The van der Waals surface area contributed by atoms with Gasteiger partial charge in [0, 0.05) is 13.1 Å². The van der Waals surface area contributed by atoms with Gasteiger partial charge in [-0.05, 0) is 44.7 Å². The second-order valence-corrected chi connectivity index (χ2v) is 5.25. The van der Waals surface area contributed by atoms with Crippen molar-refractivity contribution < 1.29 is 5.11 Å². The molecule has 17 heavy (non-hydrogen) atoms. The fourth-order valence-corrected chi connectivity index (χ4v) is 2.40. The van der Waals surface area contributed by atoms with Gasteiger partial charge in [0.25, 0.3) is 0 Å². The van der Waals surface area contributed by atoms with Crippen LogP contribution in [0.15, 0.2) is 12.3 Å². The molecule has 4 heteroatoms. The number of aryl methyl sites for hydroxylation is 1. The largest absolute Gasteiger partial charge is 0.397 e. The summed E-state index contributed by atoms with van der Waals surface area (Å²) in [6, 6.07) is 1.95. The van der Waals surface area contributed by atoms with Gasteiger partial charge in [-0.15, -0.1) is 0 Å². The number of nitrogens with zero attached hydrogens (tertiary/aromatic N) is 2. The molecule has 1 unspecified atom stereocenters. The van der Waals surface area contributed by atoms with Crippen molar-refractivity contribution in [3.8, 4) is 0 Å². The molecule has 1 atom stereocenters. The third-order valence-electron chi connectivity index (χ3n) is 3.44. The van der Waals surface area contributed by atoms with Crippen LogP contribution in [0.2, 0.25) is 0 Å². The summed E-state index contributed by atoms with van der Waals surface area (Å²) in [6.07, 6.45) is 4.35. The normalized spacial score (nSPS) is 25.7. The van der Waals surface area contributed by atoms with Gasteiger partial charge < -0.3 is 15.7 Å². The van der Waals surface area contributed by atoms with E-state index in [1.54, 1.807) is 6.20 Å². The van der Waals surface area contributed by atoms with Crippen molar-refractivity contribution in [2.24, 2.45) is 0 Å². The van der Waals surface area contributed by atoms with E-state index >= 15 is 0 Å². The third-order valence-corrected chi connectivity index (χ3v) is 3.44. The first kappa shape index (κ1) is 12.2. The Hall–Kier alpha value is -1.29. The molecule has 2 rings (SSSR count). The Morgan fingerprint density at radius 2 is 2.18 bits per heavy atom. The molecule has 1 aromatic rings. The van der Waals surface area contributed by atoms with E-state index in [-0.39, 0.29) is 0 Å². The van der Waals surface area contributed by atoms with Crippen molar-refractivity contribution in [3.63, 3.8) is 0 Å².